The van der Waals surface area contributed by atoms with Gasteiger partial charge in [-0.05, 0) is 42.0 Å². The van der Waals surface area contributed by atoms with E-state index in [1.54, 1.807) is 0 Å². The second-order valence-electron chi connectivity index (χ2n) is 6.29. The summed E-state index contributed by atoms with van der Waals surface area (Å²) in [6.07, 6.45) is 2.63. The van der Waals surface area contributed by atoms with Gasteiger partial charge in [-0.15, -0.1) is 0 Å². The van der Waals surface area contributed by atoms with Crippen LogP contribution in [0, 0.1) is 17.8 Å². The third kappa shape index (κ3) is 3.23. The summed E-state index contributed by atoms with van der Waals surface area (Å²) < 4.78 is 0. The largest absolute Gasteiger partial charge is 0.303 e. The van der Waals surface area contributed by atoms with Crippen molar-refractivity contribution in [2.75, 3.05) is 0 Å². The molecule has 0 aromatic heterocycles. The lowest BCUT2D eigenvalue weighted by atomic mass is 9.86. The van der Waals surface area contributed by atoms with Crippen molar-refractivity contribution in [3.63, 3.8) is 0 Å². The Morgan fingerprint density at radius 2 is 1.57 bits per heavy atom. The Morgan fingerprint density at radius 3 is 2.09 bits per heavy atom. The molecule has 1 aliphatic carbocycles. The lowest BCUT2D eigenvalue weighted by Crippen LogP contribution is -2.20. The Kier molecular flexibility index (Phi) is 4.63. The van der Waals surface area contributed by atoms with Crippen molar-refractivity contribution in [1.29, 1.82) is 0 Å². The van der Waals surface area contributed by atoms with Crippen LogP contribution in [0.3, 0.4) is 0 Å². The lowest BCUT2D eigenvalue weighted by molar-refractivity contribution is -0.111. The normalized spacial score (nSPS) is 23.7. The Hall–Kier alpha value is -1.93. The molecule has 0 N–H and O–H groups in total. The first kappa shape index (κ1) is 15.9. The summed E-state index contributed by atoms with van der Waals surface area (Å²) in [6.45, 7) is 2.01. The van der Waals surface area contributed by atoms with Gasteiger partial charge in [0.2, 0.25) is 0 Å². The average molecular weight is 327 g/mol. The quantitative estimate of drug-likeness (QED) is 0.582. The topological polar surface area (TPSA) is 34.1 Å². The van der Waals surface area contributed by atoms with Crippen LogP contribution < -0.4 is 0 Å². The molecule has 1 saturated carbocycles. The summed E-state index contributed by atoms with van der Waals surface area (Å²) in [5.41, 5.74) is 2.86. The first-order valence-electron chi connectivity index (χ1n) is 7.95. The predicted molar refractivity (Wildman–Crippen MR) is 92.7 cm³/mol. The van der Waals surface area contributed by atoms with Gasteiger partial charge >= 0.3 is 0 Å². The maximum atomic E-state index is 12.7. The van der Waals surface area contributed by atoms with E-state index in [1.807, 2.05) is 55.5 Å². The fraction of sp³-hybridized carbons (Fsp3) is 0.300. The van der Waals surface area contributed by atoms with Crippen molar-refractivity contribution in [2.24, 2.45) is 17.8 Å². The van der Waals surface area contributed by atoms with E-state index in [4.69, 9.17) is 11.6 Å². The number of hydrogen-bond acceptors (Lipinski definition) is 2. The van der Waals surface area contributed by atoms with Gasteiger partial charge in [0, 0.05) is 22.4 Å². The van der Waals surface area contributed by atoms with Crippen LogP contribution in [0.15, 0.2) is 48.5 Å². The highest BCUT2D eigenvalue weighted by Crippen LogP contribution is 2.37. The summed E-state index contributed by atoms with van der Waals surface area (Å²) in [5.74, 6) is 0.282. The van der Waals surface area contributed by atoms with Crippen LogP contribution in [0.5, 0.6) is 0 Å². The minimum atomic E-state index is -0.0356. The molecule has 1 unspecified atom stereocenters. The standard InChI is InChI=1S/C20H19ClO2/c1-13-17(12-22)8-11-19(13)20(23)16-4-2-14(3-5-16)15-6-9-18(21)10-7-15/h2-7,9-10,12-13,17,19H,8,11H2,1H3/t13-,17-,19?/m0/s1. The Bertz CT molecular complexity index is 703. The molecule has 3 atom stereocenters. The molecule has 0 heterocycles. The molecule has 23 heavy (non-hydrogen) atoms. The molecule has 0 radical (unpaired) electrons. The number of carbonyl (C=O) groups is 2. The van der Waals surface area contributed by atoms with Gasteiger partial charge in [0.05, 0.1) is 0 Å². The van der Waals surface area contributed by atoms with Gasteiger partial charge in [0.15, 0.2) is 5.78 Å². The average Bonchev–Trinajstić information content (AvgIpc) is 2.96. The number of aldehydes is 1. The van der Waals surface area contributed by atoms with Crippen LogP contribution in [0.1, 0.15) is 30.1 Å². The second-order valence-corrected chi connectivity index (χ2v) is 6.73. The van der Waals surface area contributed by atoms with Gasteiger partial charge < -0.3 is 4.79 Å². The Balaban J connectivity index is 1.78. The van der Waals surface area contributed by atoms with Crippen molar-refractivity contribution in [2.45, 2.75) is 19.8 Å². The zero-order valence-electron chi connectivity index (χ0n) is 13.0. The highest BCUT2D eigenvalue weighted by Gasteiger charge is 2.37. The zero-order valence-corrected chi connectivity index (χ0v) is 13.8. The molecule has 1 aliphatic rings. The summed E-state index contributed by atoms with van der Waals surface area (Å²) in [5, 5.41) is 0.709. The fourth-order valence-electron chi connectivity index (χ4n) is 3.44. The monoisotopic (exact) mass is 326 g/mol. The van der Waals surface area contributed by atoms with E-state index in [-0.39, 0.29) is 23.5 Å². The van der Waals surface area contributed by atoms with Gasteiger partial charge in [-0.25, -0.2) is 0 Å². The number of carbonyl (C=O) groups excluding carboxylic acids is 2. The van der Waals surface area contributed by atoms with Crippen LogP contribution in [0.2, 0.25) is 5.02 Å². The summed E-state index contributed by atoms with van der Waals surface area (Å²) >= 11 is 5.91. The molecule has 0 saturated heterocycles. The van der Waals surface area contributed by atoms with Crippen LogP contribution in [-0.2, 0) is 4.79 Å². The highest BCUT2D eigenvalue weighted by atomic mass is 35.5. The molecule has 2 aromatic carbocycles. The van der Waals surface area contributed by atoms with Crippen LogP contribution in [0.4, 0.5) is 0 Å². The summed E-state index contributed by atoms with van der Waals surface area (Å²) in [7, 11) is 0. The Morgan fingerprint density at radius 1 is 1.00 bits per heavy atom. The van der Waals surface area contributed by atoms with E-state index in [1.165, 1.54) is 0 Å². The van der Waals surface area contributed by atoms with Crippen molar-refractivity contribution < 1.29 is 9.59 Å². The molecule has 3 rings (SSSR count). The van der Waals surface area contributed by atoms with Crippen molar-refractivity contribution in [3.05, 3.63) is 59.1 Å². The van der Waals surface area contributed by atoms with Gasteiger partial charge in [0.1, 0.15) is 6.29 Å². The van der Waals surface area contributed by atoms with E-state index in [2.05, 4.69) is 0 Å². The lowest BCUT2D eigenvalue weighted by Gasteiger charge is -2.16. The van der Waals surface area contributed by atoms with E-state index >= 15 is 0 Å². The molecule has 1 fully saturated rings. The maximum absolute atomic E-state index is 12.7. The van der Waals surface area contributed by atoms with Gasteiger partial charge in [-0.3, -0.25) is 4.79 Å². The van der Waals surface area contributed by atoms with Crippen molar-refractivity contribution in [3.8, 4) is 11.1 Å². The van der Waals surface area contributed by atoms with Gasteiger partial charge in [-0.1, -0.05) is 54.9 Å². The number of rotatable bonds is 4. The minimum Gasteiger partial charge on any atom is -0.303 e. The van der Waals surface area contributed by atoms with E-state index in [0.717, 1.165) is 35.8 Å². The van der Waals surface area contributed by atoms with Gasteiger partial charge in [-0.2, -0.15) is 0 Å². The van der Waals surface area contributed by atoms with Crippen LogP contribution in [-0.4, -0.2) is 12.1 Å². The van der Waals surface area contributed by atoms with Crippen molar-refractivity contribution in [1.82, 2.24) is 0 Å². The van der Waals surface area contributed by atoms with Crippen LogP contribution >= 0.6 is 11.6 Å². The Labute approximate surface area is 141 Å². The molecule has 2 nitrogen and oxygen atoms in total. The molecule has 0 amide bonds. The van der Waals surface area contributed by atoms with E-state index in [0.29, 0.717) is 5.02 Å². The third-order valence-corrected chi connectivity index (χ3v) is 5.23. The SMILES string of the molecule is C[C@@H]1C(C(=O)c2ccc(-c3ccc(Cl)cc3)cc2)CC[C@H]1C=O. The minimum absolute atomic E-state index is 0.0253. The van der Waals surface area contributed by atoms with Crippen molar-refractivity contribution >= 4 is 23.7 Å². The van der Waals surface area contributed by atoms with E-state index < -0.39 is 0 Å². The highest BCUT2D eigenvalue weighted by molar-refractivity contribution is 6.30. The number of Topliss-reactive ketones (excluding diaryl/α,β-unsaturated/α-hetero) is 1. The first-order chi connectivity index (χ1) is 11.1. The number of hydrogen-bond donors (Lipinski definition) is 0. The molecule has 118 valence electrons. The third-order valence-electron chi connectivity index (χ3n) is 4.98. The zero-order chi connectivity index (χ0) is 16.4. The molecule has 0 aliphatic heterocycles. The molecule has 2 aromatic rings. The molecule has 3 heteroatoms. The first-order valence-corrected chi connectivity index (χ1v) is 8.33. The summed E-state index contributed by atoms with van der Waals surface area (Å²) in [6, 6.07) is 15.3. The maximum Gasteiger partial charge on any atom is 0.166 e. The predicted octanol–water partition coefficient (Wildman–Crippen LogP) is 5.05. The number of ketones is 1. The van der Waals surface area contributed by atoms with E-state index in [9.17, 15) is 9.59 Å². The molecular formula is C20H19ClO2. The number of halogens is 1. The molecular weight excluding hydrogens is 308 g/mol. The smallest absolute Gasteiger partial charge is 0.166 e. The second kappa shape index (κ2) is 6.67. The van der Waals surface area contributed by atoms with Gasteiger partial charge in [0.25, 0.3) is 0 Å². The molecule has 0 bridgehead atoms. The molecule has 0 spiro atoms. The fourth-order valence-corrected chi connectivity index (χ4v) is 3.57. The van der Waals surface area contributed by atoms with Crippen LogP contribution in [0.25, 0.3) is 11.1 Å². The summed E-state index contributed by atoms with van der Waals surface area (Å²) in [4.78, 5) is 23.7. The number of benzene rings is 2.